The molecule has 2 aliphatic rings. The fraction of sp³-hybridized carbons (Fsp3) is 0.153. The Bertz CT molecular complexity index is 6410. The van der Waals surface area contributed by atoms with Gasteiger partial charge in [0.2, 0.25) is 17.1 Å². The van der Waals surface area contributed by atoms with Crippen LogP contribution in [0, 0.1) is 0 Å². The maximum atomic E-state index is 15.1. The van der Waals surface area contributed by atoms with Crippen LogP contribution in [0.2, 0.25) is 0 Å². The number of rotatable bonds is 17. The highest BCUT2D eigenvalue weighted by atomic mass is 16.5. The van der Waals surface area contributed by atoms with Gasteiger partial charge < -0.3 is 45.1 Å². The van der Waals surface area contributed by atoms with Gasteiger partial charge in [-0.05, 0) is 116 Å². The number of aromatic nitrogens is 4. The van der Waals surface area contributed by atoms with E-state index in [4.69, 9.17) is 25.4 Å². The molecular formula is C98H83N10O5+. The molecule has 15 heteroatoms. The van der Waals surface area contributed by atoms with Crippen LogP contribution >= 0.6 is 0 Å². The summed E-state index contributed by atoms with van der Waals surface area (Å²) in [4.78, 5) is 61.0. The van der Waals surface area contributed by atoms with Crippen LogP contribution in [0.1, 0.15) is 57.2 Å². The molecule has 554 valence electrons. The summed E-state index contributed by atoms with van der Waals surface area (Å²) >= 11 is 0. The molecule has 1 fully saturated rings. The van der Waals surface area contributed by atoms with E-state index in [0.29, 0.717) is 34.9 Å². The van der Waals surface area contributed by atoms with Gasteiger partial charge in [0.1, 0.15) is 11.5 Å². The van der Waals surface area contributed by atoms with Crippen LogP contribution in [0.4, 0.5) is 11.4 Å². The van der Waals surface area contributed by atoms with Crippen LogP contribution in [-0.4, -0.2) is 111 Å². The topological polar surface area (TPSA) is 187 Å². The van der Waals surface area contributed by atoms with Crippen molar-refractivity contribution in [2.75, 3.05) is 62.2 Å². The Morgan fingerprint density at radius 1 is 0.442 bits per heavy atom. The molecule has 0 saturated carbocycles. The monoisotopic (exact) mass is 1480 g/mol. The Kier molecular flexibility index (Phi) is 18.7. The Hall–Kier alpha value is -13.8. The van der Waals surface area contributed by atoms with E-state index in [1.165, 1.54) is 0 Å². The van der Waals surface area contributed by atoms with Crippen LogP contribution in [0.3, 0.4) is 0 Å². The van der Waals surface area contributed by atoms with Gasteiger partial charge in [0.25, 0.3) is 5.91 Å². The lowest BCUT2D eigenvalue weighted by Gasteiger charge is -2.35. The number of amides is 2. The Labute approximate surface area is 653 Å². The summed E-state index contributed by atoms with van der Waals surface area (Å²) in [6.07, 6.45) is -0.275. The number of piperazine rings is 1. The number of fused-ring (bicyclic) bond motifs is 2. The van der Waals surface area contributed by atoms with Crippen LogP contribution in [0.15, 0.2) is 273 Å². The lowest BCUT2D eigenvalue weighted by molar-refractivity contribution is -0.497. The third kappa shape index (κ3) is 12.6. The zero-order valence-electron chi connectivity index (χ0n) is 63.4. The summed E-state index contributed by atoms with van der Waals surface area (Å²) in [6, 6.07) is 92.6. The first-order chi connectivity index (χ1) is 55.5. The minimum atomic E-state index is -1.09. The third-order valence-electron chi connectivity index (χ3n) is 22.8. The van der Waals surface area contributed by atoms with Crippen molar-refractivity contribution in [3.8, 4) is 56.0 Å². The van der Waals surface area contributed by atoms with E-state index in [9.17, 15) is 15.0 Å². The van der Waals surface area contributed by atoms with E-state index in [1.54, 1.807) is 4.90 Å². The minimum Gasteiger partial charge on any atom is -0.668 e. The second-order valence-electron chi connectivity index (χ2n) is 29.0. The van der Waals surface area contributed by atoms with Crippen molar-refractivity contribution in [3.05, 3.63) is 306 Å². The Morgan fingerprint density at radius 2 is 0.805 bits per heavy atom. The lowest BCUT2D eigenvalue weighted by atomic mass is 9.90. The molecule has 16 aromatic rings. The summed E-state index contributed by atoms with van der Waals surface area (Å²) in [5, 5.41) is 34.2. The molecule has 15 nitrogen and oxygen atoms in total. The highest BCUT2D eigenvalue weighted by Gasteiger charge is 2.34. The number of hydrogen-bond acceptors (Lipinski definition) is 10. The number of anilines is 2. The first kappa shape index (κ1) is 70.9. The molecule has 1 saturated heterocycles. The normalized spacial score (nSPS) is 13.6. The van der Waals surface area contributed by atoms with Gasteiger partial charge in [-0.1, -0.05) is 206 Å². The van der Waals surface area contributed by atoms with Crippen molar-refractivity contribution < 1.29 is 34.5 Å². The zero-order chi connectivity index (χ0) is 77.0. The van der Waals surface area contributed by atoms with E-state index in [-0.39, 0.29) is 43.6 Å². The molecule has 2 aliphatic heterocycles. The van der Waals surface area contributed by atoms with Gasteiger partial charge in [-0.25, -0.2) is 19.9 Å². The van der Waals surface area contributed by atoms with E-state index in [2.05, 4.69) is 260 Å². The molecule has 18 rings (SSSR count). The second kappa shape index (κ2) is 29.9. The third-order valence-corrected chi connectivity index (χ3v) is 22.8. The van der Waals surface area contributed by atoms with Crippen LogP contribution in [-0.2, 0) is 9.59 Å². The summed E-state index contributed by atoms with van der Waals surface area (Å²) in [7, 11) is 0. The highest BCUT2D eigenvalue weighted by Crippen LogP contribution is 2.48. The molecule has 0 radical (unpaired) electrons. The predicted molar refractivity (Wildman–Crippen MR) is 459 cm³/mol. The number of aromatic amines is 1. The number of nitrogens with zero attached hydrogens (tertiary/aromatic N) is 7. The SMILES string of the molecule is CCN(CC)c1ccc2c(c1)Oc1cc(N(CC)CC)ccc1C2=c1ccccc1=C(O)N1CCN(C(=O)[C@H](CCC([NH-])=O)[NH+]=C(O)c2ccc(-c3c4nc(c(-c5ccccc5)c5nc(c(-c6ccccc6)c6[nH+]c(c(-c7ccccc7)c7nc3c3ccccc73)c3ccccc63)c3ccccc53)c3ccccc43)cc2)CC1. The molecule has 113 heavy (non-hydrogen) atoms. The standard InChI is InChI=1S/C98H82N10O5/c1-5-105(6-2)65-48-50-77-80(58-65)113-81-59-66(106(7-3)8-4)49-51-78(81)87(77)67-34-18-27-43-76(67)97(111)107-54-56-108(57-55-107)98(112)79(52-53-82(99)109)100-96(110)64-46-44-63(45-47-64)86-94-74-41-25-23-39-72(74)92(103-94)84(61-30-14-10-15-31-61)90-70-37-21-19-35-68(70)88(101-90)83(60-28-12-9-13-29-60)89-69-36-20-22-38-71(69)91(102-89)85(62-32-16-11-17-33-62)93-73-40-24-26-42-75(73)95(86)104-93/h9-51,58-59,79H,5-8,52-57H2,1-4H3,(H4,99,100,109,110,111)/p+1/t79-/m0/s1. The fourth-order valence-electron chi connectivity index (χ4n) is 17.2. The molecule has 4 aromatic heterocycles. The molecule has 5 N–H and O–H groups in total. The maximum Gasteiger partial charge on any atom is 0.366 e. The van der Waals surface area contributed by atoms with E-state index >= 15 is 4.79 Å². The number of ether oxygens (including phenoxy) is 1. The summed E-state index contributed by atoms with van der Waals surface area (Å²) in [6.45, 7) is 13.0. The van der Waals surface area contributed by atoms with Gasteiger partial charge >= 0.3 is 5.90 Å². The largest absolute Gasteiger partial charge is 0.668 e. The second-order valence-corrected chi connectivity index (χ2v) is 29.0. The predicted octanol–water partition coefficient (Wildman–Crippen LogP) is 17.8. The molecule has 1 atom stereocenters. The highest BCUT2D eigenvalue weighted by molar-refractivity contribution is 6.27. The fourth-order valence-corrected chi connectivity index (χ4v) is 17.2. The Balaban J connectivity index is 0.776. The smallest absolute Gasteiger partial charge is 0.366 e. The number of carbonyl (C=O) groups excluding carboxylic acids is 2. The minimum absolute atomic E-state index is 0.0478. The van der Waals surface area contributed by atoms with Gasteiger partial charge in [0, 0.05) is 154 Å². The molecule has 8 bridgehead atoms. The summed E-state index contributed by atoms with van der Waals surface area (Å²) < 4.78 is 6.84. The molecule has 12 aromatic carbocycles. The van der Waals surface area contributed by atoms with E-state index < -0.39 is 11.9 Å². The molecule has 0 aliphatic carbocycles. The van der Waals surface area contributed by atoms with Crippen LogP contribution in [0.5, 0.6) is 11.5 Å². The summed E-state index contributed by atoms with van der Waals surface area (Å²) in [5.41, 5.74) is 26.8. The maximum absolute atomic E-state index is 15.1. The lowest BCUT2D eigenvalue weighted by Crippen LogP contribution is -2.83. The van der Waals surface area contributed by atoms with Crippen LogP contribution < -0.4 is 35.0 Å². The molecule has 2 amide bonds. The van der Waals surface area contributed by atoms with Gasteiger partial charge in [0.05, 0.1) is 60.6 Å². The van der Waals surface area contributed by atoms with Crippen molar-refractivity contribution >= 4 is 128 Å². The van der Waals surface area contributed by atoms with E-state index in [1.807, 2.05) is 65.6 Å². The number of hydrogen-bond donors (Lipinski definition) is 3. The number of H-pyrrole nitrogens is 1. The van der Waals surface area contributed by atoms with Gasteiger partial charge in [0.15, 0.2) is 5.88 Å². The van der Waals surface area contributed by atoms with Crippen molar-refractivity contribution in [3.63, 3.8) is 0 Å². The molecule has 0 unspecified atom stereocenters. The van der Waals surface area contributed by atoms with Crippen LogP contribution in [0.25, 0.3) is 149 Å². The van der Waals surface area contributed by atoms with Crippen molar-refractivity contribution in [2.24, 2.45) is 0 Å². The average molecular weight is 1480 g/mol. The summed E-state index contributed by atoms with van der Waals surface area (Å²) in [5.74, 6) is 0.102. The van der Waals surface area contributed by atoms with Gasteiger partial charge in [-0.15, -0.1) is 0 Å². The van der Waals surface area contributed by atoms with Crippen molar-refractivity contribution in [1.82, 2.24) is 24.8 Å². The number of nitrogens with one attached hydrogen (secondary N) is 3. The Morgan fingerprint density at radius 3 is 1.22 bits per heavy atom. The zero-order valence-corrected chi connectivity index (χ0v) is 63.4. The quantitative estimate of drug-likeness (QED) is 0.0581. The van der Waals surface area contributed by atoms with Crippen molar-refractivity contribution in [2.45, 2.75) is 46.6 Å². The van der Waals surface area contributed by atoms with Crippen molar-refractivity contribution in [1.29, 1.82) is 0 Å². The average Bonchev–Trinajstić information content (AvgIpc) is 1.61. The number of benzene rings is 11. The first-order valence-corrected chi connectivity index (χ1v) is 39.1. The van der Waals surface area contributed by atoms with E-state index in [0.717, 1.165) is 192 Å². The van der Waals surface area contributed by atoms with Gasteiger partial charge in [-0.2, -0.15) is 4.99 Å². The molecular weight excluding hydrogens is 1400 g/mol. The molecule has 0 spiro atoms. The van der Waals surface area contributed by atoms with Gasteiger partial charge in [-0.3, -0.25) is 4.79 Å². The first-order valence-electron chi connectivity index (χ1n) is 39.1. The molecule has 6 heterocycles. The number of aliphatic hydroxyl groups is 2. The number of aliphatic hydroxyl groups excluding tert-OH is 2. The number of carbonyl (C=O) groups is 2.